The van der Waals surface area contributed by atoms with Crippen LogP contribution in [0.2, 0.25) is 0 Å². The molecule has 0 aliphatic carbocycles. The topological polar surface area (TPSA) is 52.0 Å². The number of hydrogen-bond acceptors (Lipinski definition) is 2. The van der Waals surface area contributed by atoms with Crippen molar-refractivity contribution in [2.45, 2.75) is 0 Å². The normalized spacial score (nSPS) is 9.44. The molecule has 1 rings (SSSR count). The van der Waals surface area contributed by atoms with Gasteiger partial charge in [-0.25, -0.2) is 0 Å². The summed E-state index contributed by atoms with van der Waals surface area (Å²) in [4.78, 5) is 0. The van der Waals surface area contributed by atoms with Crippen LogP contribution in [0, 0.1) is 3.57 Å². The van der Waals surface area contributed by atoms with Crippen molar-refractivity contribution in [2.24, 2.45) is 0 Å². The summed E-state index contributed by atoms with van der Waals surface area (Å²) in [5, 5.41) is 0. The molecule has 3 heteroatoms. The lowest BCUT2D eigenvalue weighted by atomic mass is 10.3. The first kappa shape index (κ1) is 6.67. The van der Waals surface area contributed by atoms with Gasteiger partial charge in [0.15, 0.2) is 0 Å². The van der Waals surface area contributed by atoms with Gasteiger partial charge in [-0.15, -0.1) is 0 Å². The Labute approximate surface area is 67.4 Å². The first-order chi connectivity index (χ1) is 4.18. The van der Waals surface area contributed by atoms with Gasteiger partial charge < -0.3 is 11.5 Å². The highest BCUT2D eigenvalue weighted by Crippen LogP contribution is 2.14. The number of halogens is 1. The molecule has 0 saturated carbocycles. The van der Waals surface area contributed by atoms with Crippen LogP contribution in [0.5, 0.6) is 0 Å². The predicted molar refractivity (Wildman–Crippen MR) is 48.0 cm³/mol. The minimum absolute atomic E-state index is 0.722. The van der Waals surface area contributed by atoms with Crippen molar-refractivity contribution in [3.63, 3.8) is 0 Å². The summed E-state index contributed by atoms with van der Waals surface area (Å²) in [7, 11) is 0. The fourth-order valence-electron chi connectivity index (χ4n) is 0.636. The van der Waals surface area contributed by atoms with Crippen LogP contribution in [0.15, 0.2) is 18.2 Å². The van der Waals surface area contributed by atoms with Gasteiger partial charge in [0.25, 0.3) is 0 Å². The maximum Gasteiger partial charge on any atom is 0.0345 e. The van der Waals surface area contributed by atoms with E-state index in [0.29, 0.717) is 0 Å². The van der Waals surface area contributed by atoms with E-state index in [1.165, 1.54) is 0 Å². The van der Waals surface area contributed by atoms with Gasteiger partial charge in [0.2, 0.25) is 0 Å². The SMILES string of the molecule is Nc1cc(N)cc(I)c1. The highest BCUT2D eigenvalue weighted by atomic mass is 127. The molecule has 2 nitrogen and oxygen atoms in total. The first-order valence-electron chi connectivity index (χ1n) is 2.50. The molecule has 0 saturated heterocycles. The zero-order valence-corrected chi connectivity index (χ0v) is 6.92. The van der Waals surface area contributed by atoms with E-state index >= 15 is 0 Å². The van der Waals surface area contributed by atoms with E-state index < -0.39 is 0 Å². The third-order valence-corrected chi connectivity index (χ3v) is 1.57. The minimum atomic E-state index is 0.722. The second-order valence-electron chi connectivity index (χ2n) is 1.82. The van der Waals surface area contributed by atoms with Crippen molar-refractivity contribution in [3.8, 4) is 0 Å². The molecule has 0 bridgehead atoms. The third-order valence-electron chi connectivity index (χ3n) is 0.942. The number of nitrogens with two attached hydrogens (primary N) is 2. The minimum Gasteiger partial charge on any atom is -0.399 e. The van der Waals surface area contributed by atoms with Crippen molar-refractivity contribution < 1.29 is 0 Å². The Balaban J connectivity index is 3.17. The Hall–Kier alpha value is -0.450. The van der Waals surface area contributed by atoms with Crippen LogP contribution in [-0.2, 0) is 0 Å². The fraction of sp³-hybridized carbons (Fsp3) is 0. The molecule has 1 aromatic rings. The summed E-state index contributed by atoms with van der Waals surface area (Å²) >= 11 is 2.17. The molecule has 0 atom stereocenters. The number of benzene rings is 1. The predicted octanol–water partition coefficient (Wildman–Crippen LogP) is 1.46. The van der Waals surface area contributed by atoms with Crippen molar-refractivity contribution >= 4 is 34.0 Å². The average molecular weight is 234 g/mol. The van der Waals surface area contributed by atoms with E-state index in [2.05, 4.69) is 22.6 Å². The Morgan fingerprint density at radius 3 is 1.78 bits per heavy atom. The number of hydrogen-bond donors (Lipinski definition) is 2. The molecule has 4 N–H and O–H groups in total. The monoisotopic (exact) mass is 234 g/mol. The second kappa shape index (κ2) is 2.43. The van der Waals surface area contributed by atoms with E-state index in [4.69, 9.17) is 11.5 Å². The maximum atomic E-state index is 5.47. The van der Waals surface area contributed by atoms with Crippen LogP contribution in [0.25, 0.3) is 0 Å². The van der Waals surface area contributed by atoms with Gasteiger partial charge in [-0.1, -0.05) is 0 Å². The molecule has 0 aromatic heterocycles. The fourth-order valence-corrected chi connectivity index (χ4v) is 1.36. The Kier molecular flexibility index (Phi) is 1.80. The molecule has 0 heterocycles. The van der Waals surface area contributed by atoms with Crippen LogP contribution >= 0.6 is 22.6 Å². The van der Waals surface area contributed by atoms with Crippen LogP contribution in [0.1, 0.15) is 0 Å². The molecule has 0 radical (unpaired) electrons. The molecular formula is C6H7IN2. The van der Waals surface area contributed by atoms with E-state index in [9.17, 15) is 0 Å². The summed E-state index contributed by atoms with van der Waals surface area (Å²) in [6.07, 6.45) is 0. The van der Waals surface area contributed by atoms with Gasteiger partial charge >= 0.3 is 0 Å². The summed E-state index contributed by atoms with van der Waals surface area (Å²) in [5.74, 6) is 0. The van der Waals surface area contributed by atoms with Crippen LogP contribution in [0.3, 0.4) is 0 Å². The Bertz CT molecular complexity index is 172. The van der Waals surface area contributed by atoms with Gasteiger partial charge in [-0.2, -0.15) is 0 Å². The largest absolute Gasteiger partial charge is 0.399 e. The molecular weight excluding hydrogens is 227 g/mol. The van der Waals surface area contributed by atoms with Gasteiger partial charge in [0, 0.05) is 14.9 Å². The standard InChI is InChI=1S/C6H7IN2/c7-4-1-5(8)3-6(9)2-4/h1-3H,8-9H2. The number of rotatable bonds is 0. The lowest BCUT2D eigenvalue weighted by molar-refractivity contribution is 1.62. The van der Waals surface area contributed by atoms with Crippen LogP contribution < -0.4 is 11.5 Å². The zero-order valence-electron chi connectivity index (χ0n) is 4.76. The Morgan fingerprint density at radius 2 is 1.44 bits per heavy atom. The maximum absolute atomic E-state index is 5.47. The highest BCUT2D eigenvalue weighted by molar-refractivity contribution is 14.1. The third kappa shape index (κ3) is 1.74. The summed E-state index contributed by atoms with van der Waals surface area (Å²) in [5.41, 5.74) is 12.4. The van der Waals surface area contributed by atoms with E-state index in [-0.39, 0.29) is 0 Å². The molecule has 0 fully saturated rings. The van der Waals surface area contributed by atoms with Crippen LogP contribution in [0.4, 0.5) is 11.4 Å². The molecule has 48 valence electrons. The highest BCUT2D eigenvalue weighted by Gasteiger charge is 1.89. The summed E-state index contributed by atoms with van der Waals surface area (Å²) < 4.78 is 1.07. The molecule has 9 heavy (non-hydrogen) atoms. The van der Waals surface area contributed by atoms with Crippen LogP contribution in [-0.4, -0.2) is 0 Å². The molecule has 1 aromatic carbocycles. The first-order valence-corrected chi connectivity index (χ1v) is 3.58. The van der Waals surface area contributed by atoms with E-state index in [0.717, 1.165) is 14.9 Å². The van der Waals surface area contributed by atoms with Gasteiger partial charge in [0.05, 0.1) is 0 Å². The molecule has 0 aliphatic rings. The van der Waals surface area contributed by atoms with E-state index in [1.54, 1.807) is 6.07 Å². The van der Waals surface area contributed by atoms with Gasteiger partial charge in [-0.05, 0) is 40.8 Å². The smallest absolute Gasteiger partial charge is 0.0345 e. The number of nitrogen functional groups attached to an aromatic ring is 2. The number of anilines is 2. The second-order valence-corrected chi connectivity index (χ2v) is 3.06. The summed E-state index contributed by atoms with van der Waals surface area (Å²) in [6, 6.07) is 5.48. The Morgan fingerprint density at radius 1 is 1.00 bits per heavy atom. The lowest BCUT2D eigenvalue weighted by Gasteiger charge is -1.95. The average Bonchev–Trinajstić information content (AvgIpc) is 1.59. The van der Waals surface area contributed by atoms with Crippen molar-refractivity contribution in [2.75, 3.05) is 11.5 Å². The van der Waals surface area contributed by atoms with Gasteiger partial charge in [0.1, 0.15) is 0 Å². The van der Waals surface area contributed by atoms with Crippen molar-refractivity contribution in [1.82, 2.24) is 0 Å². The van der Waals surface area contributed by atoms with Crippen molar-refractivity contribution in [3.05, 3.63) is 21.8 Å². The van der Waals surface area contributed by atoms with E-state index in [1.807, 2.05) is 12.1 Å². The molecule has 0 spiro atoms. The molecule has 0 unspecified atom stereocenters. The molecule has 0 amide bonds. The lowest BCUT2D eigenvalue weighted by Crippen LogP contribution is -1.90. The van der Waals surface area contributed by atoms with Crippen molar-refractivity contribution in [1.29, 1.82) is 0 Å². The quantitative estimate of drug-likeness (QED) is 0.527. The zero-order chi connectivity index (χ0) is 6.85. The summed E-state index contributed by atoms with van der Waals surface area (Å²) in [6.45, 7) is 0. The molecule has 0 aliphatic heterocycles. The van der Waals surface area contributed by atoms with Gasteiger partial charge in [-0.3, -0.25) is 0 Å².